The van der Waals surface area contributed by atoms with Crippen LogP contribution in [0.25, 0.3) is 0 Å². The van der Waals surface area contributed by atoms with E-state index >= 15 is 0 Å². The second-order valence-corrected chi connectivity index (χ2v) is 7.52. The van der Waals surface area contributed by atoms with Crippen LogP contribution in [0, 0.1) is 6.92 Å². The number of aromatic nitrogens is 4. The van der Waals surface area contributed by atoms with Gasteiger partial charge in [0, 0.05) is 31.4 Å². The Bertz CT molecular complexity index is 895. The summed E-state index contributed by atoms with van der Waals surface area (Å²) in [5.41, 5.74) is 0.521. The number of carbonyl (C=O) groups is 1. The second kappa shape index (κ2) is 6.35. The van der Waals surface area contributed by atoms with Crippen LogP contribution < -0.4 is 5.56 Å². The van der Waals surface area contributed by atoms with Gasteiger partial charge in [-0.15, -0.1) is 10.2 Å². The minimum atomic E-state index is -0.0573. The SMILES string of the molecule is Cc1nnc2n1CC(CN(C)C)N(C(=O)c1ccc(=O)n(C3CC3)c1)C2. The summed E-state index contributed by atoms with van der Waals surface area (Å²) in [7, 11) is 4.01. The van der Waals surface area contributed by atoms with Crippen LogP contribution in [-0.2, 0) is 13.1 Å². The van der Waals surface area contributed by atoms with E-state index in [1.54, 1.807) is 16.8 Å². The quantitative estimate of drug-likeness (QED) is 0.805. The highest BCUT2D eigenvalue weighted by atomic mass is 16.2. The van der Waals surface area contributed by atoms with E-state index in [4.69, 9.17) is 0 Å². The van der Waals surface area contributed by atoms with Crippen molar-refractivity contribution in [3.05, 3.63) is 45.9 Å². The molecule has 2 aromatic rings. The van der Waals surface area contributed by atoms with Crippen LogP contribution >= 0.6 is 0 Å². The van der Waals surface area contributed by atoms with Crippen molar-refractivity contribution in [2.24, 2.45) is 0 Å². The van der Waals surface area contributed by atoms with Gasteiger partial charge >= 0.3 is 0 Å². The van der Waals surface area contributed by atoms with Crippen molar-refractivity contribution in [3.8, 4) is 0 Å². The van der Waals surface area contributed by atoms with Crippen molar-refractivity contribution in [1.82, 2.24) is 29.1 Å². The molecule has 1 amide bonds. The summed E-state index contributed by atoms with van der Waals surface area (Å²) in [6.07, 6.45) is 3.74. The number of likely N-dealkylation sites (N-methyl/N-ethyl adjacent to an activating group) is 1. The fourth-order valence-corrected chi connectivity index (χ4v) is 3.62. The molecule has 4 rings (SSSR count). The van der Waals surface area contributed by atoms with Gasteiger partial charge in [0.25, 0.3) is 11.5 Å². The molecular formula is C18H24N6O2. The molecule has 1 aliphatic carbocycles. The Morgan fingerprint density at radius 2 is 2.04 bits per heavy atom. The van der Waals surface area contributed by atoms with Gasteiger partial charge in [0.05, 0.1) is 18.2 Å². The van der Waals surface area contributed by atoms with Gasteiger partial charge in [-0.3, -0.25) is 9.59 Å². The number of aryl methyl sites for hydroxylation is 1. The summed E-state index contributed by atoms with van der Waals surface area (Å²) in [5, 5.41) is 8.37. The van der Waals surface area contributed by atoms with Crippen LogP contribution in [0.15, 0.2) is 23.1 Å². The van der Waals surface area contributed by atoms with E-state index in [-0.39, 0.29) is 23.6 Å². The molecule has 0 radical (unpaired) electrons. The largest absolute Gasteiger partial charge is 0.325 e. The van der Waals surface area contributed by atoms with Gasteiger partial charge in [0.15, 0.2) is 5.82 Å². The minimum Gasteiger partial charge on any atom is -0.325 e. The third kappa shape index (κ3) is 3.05. The Balaban J connectivity index is 1.66. The lowest BCUT2D eigenvalue weighted by molar-refractivity contribution is 0.0542. The number of pyridine rings is 1. The molecule has 1 saturated carbocycles. The molecule has 0 aromatic carbocycles. The first-order valence-electron chi connectivity index (χ1n) is 9.00. The van der Waals surface area contributed by atoms with Crippen LogP contribution in [0.3, 0.4) is 0 Å². The van der Waals surface area contributed by atoms with Crippen LogP contribution in [-0.4, -0.2) is 61.7 Å². The topological polar surface area (TPSA) is 76.3 Å². The third-order valence-corrected chi connectivity index (χ3v) is 5.12. The normalized spacial score (nSPS) is 19.7. The number of amides is 1. The molecule has 8 nitrogen and oxygen atoms in total. The number of hydrogen-bond donors (Lipinski definition) is 0. The molecule has 0 N–H and O–H groups in total. The lowest BCUT2D eigenvalue weighted by atomic mass is 10.1. The zero-order chi connectivity index (χ0) is 18.4. The van der Waals surface area contributed by atoms with E-state index in [0.29, 0.717) is 18.7 Å². The van der Waals surface area contributed by atoms with Crippen molar-refractivity contribution < 1.29 is 4.79 Å². The number of carbonyl (C=O) groups excluding carboxylic acids is 1. The van der Waals surface area contributed by atoms with E-state index in [9.17, 15) is 9.59 Å². The molecule has 3 heterocycles. The molecule has 1 aliphatic heterocycles. The van der Waals surface area contributed by atoms with Crippen molar-refractivity contribution in [2.45, 2.75) is 44.9 Å². The Labute approximate surface area is 152 Å². The predicted octanol–water partition coefficient (Wildman–Crippen LogP) is 0.669. The van der Waals surface area contributed by atoms with Crippen LogP contribution in [0.4, 0.5) is 0 Å². The fourth-order valence-electron chi connectivity index (χ4n) is 3.62. The summed E-state index contributed by atoms with van der Waals surface area (Å²) in [5.74, 6) is 1.62. The molecule has 1 fully saturated rings. The van der Waals surface area contributed by atoms with E-state index in [2.05, 4.69) is 19.7 Å². The maximum Gasteiger partial charge on any atom is 0.256 e. The summed E-state index contributed by atoms with van der Waals surface area (Å²) < 4.78 is 3.79. The second-order valence-electron chi connectivity index (χ2n) is 7.52. The standard InChI is InChI=1S/C18H24N6O2/c1-12-19-20-16-11-24(15(9-21(2)3)10-22(12)16)18(26)13-4-7-17(25)23(8-13)14-5-6-14/h4,7-8,14-15H,5-6,9-11H2,1-3H3. The maximum absolute atomic E-state index is 13.2. The van der Waals surface area contributed by atoms with Crippen LogP contribution in [0.1, 0.15) is 40.9 Å². The Morgan fingerprint density at radius 3 is 2.73 bits per heavy atom. The number of nitrogens with zero attached hydrogens (tertiary/aromatic N) is 6. The van der Waals surface area contributed by atoms with Gasteiger partial charge < -0.3 is 18.9 Å². The number of rotatable bonds is 4. The Morgan fingerprint density at radius 1 is 1.27 bits per heavy atom. The molecule has 1 unspecified atom stereocenters. The average Bonchev–Trinajstić information content (AvgIpc) is 3.38. The molecule has 0 saturated heterocycles. The van der Waals surface area contributed by atoms with Gasteiger partial charge in [0.1, 0.15) is 5.82 Å². The summed E-state index contributed by atoms with van der Waals surface area (Å²) in [6, 6.07) is 3.42. The fraction of sp³-hybridized carbons (Fsp3) is 0.556. The molecule has 0 spiro atoms. The number of fused-ring (bicyclic) bond motifs is 1. The van der Waals surface area contributed by atoms with Crippen LogP contribution in [0.5, 0.6) is 0 Å². The summed E-state index contributed by atoms with van der Waals surface area (Å²) >= 11 is 0. The van der Waals surface area contributed by atoms with Gasteiger partial charge in [0.2, 0.25) is 0 Å². The van der Waals surface area contributed by atoms with Gasteiger partial charge in [-0.1, -0.05) is 0 Å². The van der Waals surface area contributed by atoms with E-state index in [1.807, 2.05) is 25.9 Å². The number of hydrogen-bond acceptors (Lipinski definition) is 5. The van der Waals surface area contributed by atoms with Crippen molar-refractivity contribution >= 4 is 5.91 Å². The first kappa shape index (κ1) is 17.0. The summed E-state index contributed by atoms with van der Waals surface area (Å²) in [4.78, 5) is 29.2. The van der Waals surface area contributed by atoms with E-state index < -0.39 is 0 Å². The lowest BCUT2D eigenvalue weighted by Gasteiger charge is -2.37. The Hall–Kier alpha value is -2.48. The highest BCUT2D eigenvalue weighted by molar-refractivity contribution is 5.94. The Kier molecular flexibility index (Phi) is 4.14. The molecule has 8 heteroatoms. The third-order valence-electron chi connectivity index (χ3n) is 5.12. The zero-order valence-corrected chi connectivity index (χ0v) is 15.4. The van der Waals surface area contributed by atoms with E-state index in [1.165, 1.54) is 6.07 Å². The highest BCUT2D eigenvalue weighted by Gasteiger charge is 2.33. The summed E-state index contributed by atoms with van der Waals surface area (Å²) in [6.45, 7) is 3.80. The maximum atomic E-state index is 13.2. The highest BCUT2D eigenvalue weighted by Crippen LogP contribution is 2.33. The molecule has 0 bridgehead atoms. The predicted molar refractivity (Wildman–Crippen MR) is 95.9 cm³/mol. The van der Waals surface area contributed by atoms with Gasteiger partial charge in [-0.05, 0) is 39.9 Å². The lowest BCUT2D eigenvalue weighted by Crippen LogP contribution is -2.51. The van der Waals surface area contributed by atoms with Crippen molar-refractivity contribution in [2.75, 3.05) is 20.6 Å². The van der Waals surface area contributed by atoms with Crippen LogP contribution in [0.2, 0.25) is 0 Å². The molecule has 138 valence electrons. The smallest absolute Gasteiger partial charge is 0.256 e. The monoisotopic (exact) mass is 356 g/mol. The average molecular weight is 356 g/mol. The van der Waals surface area contributed by atoms with E-state index in [0.717, 1.165) is 31.0 Å². The molecule has 2 aromatic heterocycles. The van der Waals surface area contributed by atoms with Gasteiger partial charge in [-0.2, -0.15) is 0 Å². The molecule has 2 aliphatic rings. The first-order chi connectivity index (χ1) is 12.4. The van der Waals surface area contributed by atoms with Crippen molar-refractivity contribution in [1.29, 1.82) is 0 Å². The zero-order valence-electron chi connectivity index (χ0n) is 15.4. The van der Waals surface area contributed by atoms with Crippen molar-refractivity contribution in [3.63, 3.8) is 0 Å². The molecule has 26 heavy (non-hydrogen) atoms. The minimum absolute atomic E-state index is 0.0287. The van der Waals surface area contributed by atoms with Gasteiger partial charge in [-0.25, -0.2) is 0 Å². The molecular weight excluding hydrogens is 332 g/mol. The molecule has 1 atom stereocenters. The first-order valence-corrected chi connectivity index (χ1v) is 9.00.